The second kappa shape index (κ2) is 9.28. The van der Waals surface area contributed by atoms with Crippen molar-refractivity contribution < 1.29 is 9.59 Å². The highest BCUT2D eigenvalue weighted by molar-refractivity contribution is 6.31. The first-order valence-electron chi connectivity index (χ1n) is 10.9. The van der Waals surface area contributed by atoms with E-state index in [2.05, 4.69) is 35.0 Å². The van der Waals surface area contributed by atoms with Gasteiger partial charge in [-0.05, 0) is 55.4 Å². The highest BCUT2D eigenvalue weighted by Crippen LogP contribution is 2.29. The van der Waals surface area contributed by atoms with E-state index in [4.69, 9.17) is 11.6 Å². The lowest BCUT2D eigenvalue weighted by atomic mass is 10.1. The van der Waals surface area contributed by atoms with Crippen LogP contribution in [0.4, 0.5) is 17.1 Å². The van der Waals surface area contributed by atoms with Gasteiger partial charge in [0.1, 0.15) is 0 Å². The SMILES string of the molecule is CCN1CCN(c2ccc(NC(=O)C3CC(=O)N(c4cccc(Cl)c4)C3)cc2C)CC1. The highest BCUT2D eigenvalue weighted by Gasteiger charge is 2.35. The van der Waals surface area contributed by atoms with Crippen LogP contribution in [0.5, 0.6) is 0 Å². The fourth-order valence-corrected chi connectivity index (χ4v) is 4.60. The molecule has 2 saturated heterocycles. The van der Waals surface area contributed by atoms with Gasteiger partial charge in [0.25, 0.3) is 0 Å². The Balaban J connectivity index is 1.39. The number of amides is 2. The summed E-state index contributed by atoms with van der Waals surface area (Å²) >= 11 is 6.05. The zero-order valence-corrected chi connectivity index (χ0v) is 18.9. The van der Waals surface area contributed by atoms with Gasteiger partial charge in [-0.1, -0.05) is 24.6 Å². The molecule has 2 aromatic rings. The molecule has 2 amide bonds. The Morgan fingerprint density at radius 3 is 2.58 bits per heavy atom. The maximum atomic E-state index is 12.8. The number of piperazine rings is 1. The van der Waals surface area contributed by atoms with Gasteiger partial charge in [0, 0.05) is 61.2 Å². The van der Waals surface area contributed by atoms with Gasteiger partial charge in [-0.3, -0.25) is 9.59 Å². The van der Waals surface area contributed by atoms with Crippen molar-refractivity contribution in [1.29, 1.82) is 0 Å². The zero-order valence-electron chi connectivity index (χ0n) is 18.1. The molecule has 0 aliphatic carbocycles. The van der Waals surface area contributed by atoms with E-state index in [1.165, 1.54) is 5.69 Å². The number of hydrogen-bond donors (Lipinski definition) is 1. The van der Waals surface area contributed by atoms with E-state index in [-0.39, 0.29) is 24.2 Å². The molecule has 0 radical (unpaired) electrons. The molecule has 6 nitrogen and oxygen atoms in total. The fourth-order valence-electron chi connectivity index (χ4n) is 4.41. The zero-order chi connectivity index (χ0) is 22.0. The van der Waals surface area contributed by atoms with Crippen LogP contribution in [0.1, 0.15) is 18.9 Å². The predicted molar refractivity (Wildman–Crippen MR) is 126 cm³/mol. The number of aryl methyl sites for hydroxylation is 1. The molecule has 0 saturated carbocycles. The van der Waals surface area contributed by atoms with E-state index >= 15 is 0 Å². The van der Waals surface area contributed by atoms with Crippen LogP contribution in [0.2, 0.25) is 5.02 Å². The smallest absolute Gasteiger partial charge is 0.229 e. The predicted octanol–water partition coefficient (Wildman–Crippen LogP) is 3.78. The molecule has 1 unspecified atom stereocenters. The summed E-state index contributed by atoms with van der Waals surface area (Å²) in [6.07, 6.45) is 0.205. The molecular weight excluding hydrogens is 412 g/mol. The molecule has 2 fully saturated rings. The van der Waals surface area contributed by atoms with Crippen LogP contribution in [0.25, 0.3) is 0 Å². The largest absolute Gasteiger partial charge is 0.369 e. The molecule has 0 bridgehead atoms. The standard InChI is InChI=1S/C24H29ClN4O2/c1-3-27-9-11-28(12-10-27)22-8-7-20(13-17(22)2)26-24(31)18-14-23(30)29(16-18)21-6-4-5-19(25)15-21/h4-8,13,15,18H,3,9-12,14,16H2,1-2H3,(H,26,31). The van der Waals surface area contributed by atoms with E-state index in [0.717, 1.165) is 49.7 Å². The van der Waals surface area contributed by atoms with E-state index in [0.29, 0.717) is 11.6 Å². The average Bonchev–Trinajstić information content (AvgIpc) is 3.16. The van der Waals surface area contributed by atoms with Gasteiger partial charge in [0.2, 0.25) is 11.8 Å². The number of carbonyl (C=O) groups is 2. The molecule has 31 heavy (non-hydrogen) atoms. The molecule has 7 heteroatoms. The summed E-state index contributed by atoms with van der Waals surface area (Å²) in [6.45, 7) is 9.93. The van der Waals surface area contributed by atoms with Gasteiger partial charge < -0.3 is 20.0 Å². The first kappa shape index (κ1) is 21.7. The van der Waals surface area contributed by atoms with E-state index in [1.54, 1.807) is 17.0 Å². The normalized spacial score (nSPS) is 19.7. The molecule has 2 aliphatic rings. The molecular formula is C24H29ClN4O2. The van der Waals surface area contributed by atoms with Gasteiger partial charge in [0.15, 0.2) is 0 Å². The van der Waals surface area contributed by atoms with E-state index < -0.39 is 0 Å². The topological polar surface area (TPSA) is 55.9 Å². The number of likely N-dealkylation sites (N-methyl/N-ethyl adjacent to an activating group) is 1. The number of rotatable bonds is 5. The van der Waals surface area contributed by atoms with Crippen LogP contribution in [-0.2, 0) is 9.59 Å². The number of carbonyl (C=O) groups excluding carboxylic acids is 2. The molecule has 4 rings (SSSR count). The lowest BCUT2D eigenvalue weighted by Gasteiger charge is -2.36. The average molecular weight is 441 g/mol. The van der Waals surface area contributed by atoms with Crippen molar-refractivity contribution in [2.24, 2.45) is 5.92 Å². The Kier molecular flexibility index (Phi) is 6.49. The van der Waals surface area contributed by atoms with Crippen molar-refractivity contribution >= 4 is 40.5 Å². The van der Waals surface area contributed by atoms with Gasteiger partial charge in [-0.2, -0.15) is 0 Å². The number of anilines is 3. The second-order valence-electron chi connectivity index (χ2n) is 8.30. The number of nitrogens with zero attached hydrogens (tertiary/aromatic N) is 3. The summed E-state index contributed by atoms with van der Waals surface area (Å²) in [5, 5.41) is 3.58. The van der Waals surface area contributed by atoms with Crippen LogP contribution in [0.3, 0.4) is 0 Å². The molecule has 2 aromatic carbocycles. The summed E-state index contributed by atoms with van der Waals surface area (Å²) in [5.41, 5.74) is 3.87. The monoisotopic (exact) mass is 440 g/mol. The van der Waals surface area contributed by atoms with Gasteiger partial charge in [-0.15, -0.1) is 0 Å². The van der Waals surface area contributed by atoms with Crippen molar-refractivity contribution in [2.45, 2.75) is 20.3 Å². The number of halogens is 1. The third kappa shape index (κ3) is 4.86. The van der Waals surface area contributed by atoms with Crippen LogP contribution < -0.4 is 15.1 Å². The molecule has 1 atom stereocenters. The summed E-state index contributed by atoms with van der Waals surface area (Å²) in [7, 11) is 0. The maximum absolute atomic E-state index is 12.8. The van der Waals surface area contributed by atoms with Crippen molar-refractivity contribution in [2.75, 3.05) is 54.4 Å². The summed E-state index contributed by atoms with van der Waals surface area (Å²) < 4.78 is 0. The molecule has 0 spiro atoms. The minimum Gasteiger partial charge on any atom is -0.369 e. The van der Waals surface area contributed by atoms with Crippen molar-refractivity contribution in [3.63, 3.8) is 0 Å². The third-order valence-corrected chi connectivity index (χ3v) is 6.48. The first-order valence-corrected chi connectivity index (χ1v) is 11.3. The highest BCUT2D eigenvalue weighted by atomic mass is 35.5. The van der Waals surface area contributed by atoms with Gasteiger partial charge in [-0.25, -0.2) is 0 Å². The Bertz CT molecular complexity index is 972. The molecule has 2 aliphatic heterocycles. The number of nitrogens with one attached hydrogen (secondary N) is 1. The quantitative estimate of drug-likeness (QED) is 0.768. The fraction of sp³-hybridized carbons (Fsp3) is 0.417. The van der Waals surface area contributed by atoms with Crippen LogP contribution in [-0.4, -0.2) is 56.0 Å². The van der Waals surface area contributed by atoms with Crippen molar-refractivity contribution in [1.82, 2.24) is 4.90 Å². The summed E-state index contributed by atoms with van der Waals surface area (Å²) in [6, 6.07) is 13.2. The summed E-state index contributed by atoms with van der Waals surface area (Å²) in [4.78, 5) is 31.8. The minimum absolute atomic E-state index is 0.0554. The Labute approximate surface area is 188 Å². The lowest BCUT2D eigenvalue weighted by molar-refractivity contribution is -0.122. The van der Waals surface area contributed by atoms with Gasteiger partial charge >= 0.3 is 0 Å². The maximum Gasteiger partial charge on any atom is 0.229 e. The Morgan fingerprint density at radius 2 is 1.90 bits per heavy atom. The lowest BCUT2D eigenvalue weighted by Crippen LogP contribution is -2.46. The summed E-state index contributed by atoms with van der Waals surface area (Å²) in [5.74, 6) is -0.560. The van der Waals surface area contributed by atoms with Crippen LogP contribution in [0, 0.1) is 12.8 Å². The first-order chi connectivity index (χ1) is 14.9. The van der Waals surface area contributed by atoms with Crippen molar-refractivity contribution in [3.05, 3.63) is 53.1 Å². The molecule has 2 heterocycles. The number of hydrogen-bond acceptors (Lipinski definition) is 4. The van der Waals surface area contributed by atoms with Gasteiger partial charge in [0.05, 0.1) is 5.92 Å². The second-order valence-corrected chi connectivity index (χ2v) is 8.73. The van der Waals surface area contributed by atoms with Crippen LogP contribution in [0.15, 0.2) is 42.5 Å². The Morgan fingerprint density at radius 1 is 1.13 bits per heavy atom. The van der Waals surface area contributed by atoms with Crippen LogP contribution >= 0.6 is 11.6 Å². The van der Waals surface area contributed by atoms with E-state index in [1.807, 2.05) is 24.3 Å². The van der Waals surface area contributed by atoms with E-state index in [9.17, 15) is 9.59 Å². The molecule has 1 N–H and O–H groups in total. The Hall–Kier alpha value is -2.57. The number of benzene rings is 2. The molecule has 0 aromatic heterocycles. The third-order valence-electron chi connectivity index (χ3n) is 6.24. The van der Waals surface area contributed by atoms with Crippen molar-refractivity contribution in [3.8, 4) is 0 Å². The molecule has 164 valence electrons. The minimum atomic E-state index is -0.381.